The van der Waals surface area contributed by atoms with Crippen molar-refractivity contribution < 1.29 is 35.9 Å². The molecule has 1 atom stereocenters. The number of alkyl halides is 6. The second-order valence-electron chi connectivity index (χ2n) is 8.87. The minimum Gasteiger partial charge on any atom is -0.477 e. The zero-order valence-electron chi connectivity index (χ0n) is 19.4. The van der Waals surface area contributed by atoms with Gasteiger partial charge in [-0.2, -0.15) is 26.3 Å². The van der Waals surface area contributed by atoms with E-state index in [9.17, 15) is 31.1 Å². The number of rotatable bonds is 3. The van der Waals surface area contributed by atoms with Gasteiger partial charge in [-0.15, -0.1) is 0 Å². The topological polar surface area (TPSA) is 42.4 Å². The van der Waals surface area contributed by atoms with Crippen LogP contribution < -0.4 is 4.74 Å². The predicted octanol–water partition coefficient (Wildman–Crippen LogP) is 6.77. The molecule has 0 fully saturated rings. The van der Waals surface area contributed by atoms with Crippen LogP contribution in [0.15, 0.2) is 54.6 Å². The first-order valence-corrected chi connectivity index (χ1v) is 11.1. The van der Waals surface area contributed by atoms with Gasteiger partial charge in [-0.1, -0.05) is 37.3 Å². The van der Waals surface area contributed by atoms with Crippen LogP contribution in [-0.4, -0.2) is 28.9 Å². The maximum Gasteiger partial charge on any atom is 0.416 e. The lowest BCUT2D eigenvalue weighted by molar-refractivity contribution is -0.143. The molecule has 0 spiro atoms. The summed E-state index contributed by atoms with van der Waals surface area (Å²) in [4.78, 5) is 19.4. The van der Waals surface area contributed by atoms with Gasteiger partial charge in [0.1, 0.15) is 5.56 Å². The van der Waals surface area contributed by atoms with Crippen molar-refractivity contribution in [3.05, 3.63) is 82.5 Å². The number of aryl methyl sites for hydroxylation is 1. The largest absolute Gasteiger partial charge is 0.477 e. The molecule has 4 rings (SSSR count). The summed E-state index contributed by atoms with van der Waals surface area (Å²) in [5.74, 6) is -0.762. The average molecular weight is 508 g/mol. The summed E-state index contributed by atoms with van der Waals surface area (Å²) in [5.41, 5.74) is -1.21. The summed E-state index contributed by atoms with van der Waals surface area (Å²) in [6.45, 7) is 3.29. The molecule has 0 bridgehead atoms. The Balaban J connectivity index is 1.82. The van der Waals surface area contributed by atoms with Crippen molar-refractivity contribution in [2.75, 3.05) is 13.2 Å². The second-order valence-corrected chi connectivity index (χ2v) is 8.87. The quantitative estimate of drug-likeness (QED) is 0.367. The monoisotopic (exact) mass is 508 g/mol. The van der Waals surface area contributed by atoms with Gasteiger partial charge in [0.05, 0.1) is 17.7 Å². The summed E-state index contributed by atoms with van der Waals surface area (Å²) in [7, 11) is 0. The molecule has 0 saturated carbocycles. The summed E-state index contributed by atoms with van der Waals surface area (Å²) < 4.78 is 86.1. The first-order chi connectivity index (χ1) is 16.8. The third kappa shape index (κ3) is 5.47. The third-order valence-corrected chi connectivity index (χ3v) is 5.76. The van der Waals surface area contributed by atoms with Gasteiger partial charge in [-0.05, 0) is 42.3 Å². The lowest BCUT2D eigenvalue weighted by atomic mass is 9.97. The maximum absolute atomic E-state index is 13.8. The van der Waals surface area contributed by atoms with Crippen molar-refractivity contribution in [3.8, 4) is 17.0 Å². The van der Waals surface area contributed by atoms with Crippen molar-refractivity contribution in [3.63, 3.8) is 0 Å². The average Bonchev–Trinajstić information content (AvgIpc) is 2.80. The van der Waals surface area contributed by atoms with Gasteiger partial charge in [0.25, 0.3) is 5.91 Å². The molecule has 1 aliphatic rings. The van der Waals surface area contributed by atoms with Crippen molar-refractivity contribution in [2.45, 2.75) is 32.7 Å². The highest BCUT2D eigenvalue weighted by atomic mass is 19.4. The van der Waals surface area contributed by atoms with Crippen molar-refractivity contribution >= 4 is 5.91 Å². The zero-order chi connectivity index (χ0) is 26.3. The fourth-order valence-electron chi connectivity index (χ4n) is 4.16. The number of benzene rings is 2. The third-order valence-electron chi connectivity index (χ3n) is 5.76. The van der Waals surface area contributed by atoms with Crippen LogP contribution in [0.4, 0.5) is 26.3 Å². The van der Waals surface area contributed by atoms with Crippen LogP contribution in [0, 0.1) is 12.8 Å². The van der Waals surface area contributed by atoms with Gasteiger partial charge in [-0.3, -0.25) is 4.79 Å². The molecule has 0 unspecified atom stereocenters. The molecular weight excluding hydrogens is 486 g/mol. The Kier molecular flexibility index (Phi) is 6.72. The summed E-state index contributed by atoms with van der Waals surface area (Å²) in [5, 5.41) is 0. The number of ether oxygens (including phenoxy) is 1. The lowest BCUT2D eigenvalue weighted by Gasteiger charge is -2.31. The summed E-state index contributed by atoms with van der Waals surface area (Å²) in [6, 6.07) is 12.0. The van der Waals surface area contributed by atoms with E-state index in [0.29, 0.717) is 29.0 Å². The molecule has 2 aromatic carbocycles. The number of hydrogen-bond acceptors (Lipinski definition) is 3. The van der Waals surface area contributed by atoms with Gasteiger partial charge in [0.15, 0.2) is 0 Å². The molecule has 0 aliphatic carbocycles. The predicted molar refractivity (Wildman–Crippen MR) is 120 cm³/mol. The van der Waals surface area contributed by atoms with E-state index in [1.165, 1.54) is 4.90 Å². The highest BCUT2D eigenvalue weighted by Gasteiger charge is 2.37. The smallest absolute Gasteiger partial charge is 0.416 e. The van der Waals surface area contributed by atoms with E-state index in [1.807, 2.05) is 0 Å². The van der Waals surface area contributed by atoms with Crippen LogP contribution >= 0.6 is 0 Å². The van der Waals surface area contributed by atoms with Gasteiger partial charge in [0.2, 0.25) is 5.88 Å². The van der Waals surface area contributed by atoms with Gasteiger partial charge in [0, 0.05) is 30.3 Å². The fraction of sp³-hybridized carbons (Fsp3) is 0.308. The molecule has 190 valence electrons. The fourth-order valence-corrected chi connectivity index (χ4v) is 4.16. The SMILES string of the molecule is Cc1cc(-c2ccccc2)c2c(n1)OC[C@H](C)CN(Cc1cc(C(F)(F)F)cc(C(F)(F)F)c1)C2=O. The molecule has 10 heteroatoms. The van der Waals surface area contributed by atoms with E-state index < -0.39 is 35.9 Å². The Morgan fingerprint density at radius 3 is 2.17 bits per heavy atom. The summed E-state index contributed by atoms with van der Waals surface area (Å²) in [6.07, 6.45) is -9.96. The lowest BCUT2D eigenvalue weighted by Crippen LogP contribution is -2.38. The van der Waals surface area contributed by atoms with E-state index in [4.69, 9.17) is 4.74 Å². The Bertz CT molecular complexity index is 1240. The molecule has 2 heterocycles. The molecule has 3 aromatic rings. The summed E-state index contributed by atoms with van der Waals surface area (Å²) >= 11 is 0. The van der Waals surface area contributed by atoms with Gasteiger partial charge in [-0.25, -0.2) is 4.98 Å². The van der Waals surface area contributed by atoms with Crippen LogP contribution in [0.25, 0.3) is 11.1 Å². The van der Waals surface area contributed by atoms with E-state index in [-0.39, 0.29) is 42.1 Å². The van der Waals surface area contributed by atoms with Crippen LogP contribution in [0.3, 0.4) is 0 Å². The van der Waals surface area contributed by atoms with Crippen LogP contribution in [0.1, 0.15) is 39.7 Å². The minimum absolute atomic E-state index is 0.0674. The number of amides is 1. The number of carbonyl (C=O) groups excluding carboxylic acids is 1. The van der Waals surface area contributed by atoms with Crippen LogP contribution in [0.2, 0.25) is 0 Å². The highest BCUT2D eigenvalue weighted by molar-refractivity contribution is 6.03. The van der Waals surface area contributed by atoms with Crippen molar-refractivity contribution in [1.82, 2.24) is 9.88 Å². The minimum atomic E-state index is -4.98. The first kappa shape index (κ1) is 25.5. The molecule has 0 radical (unpaired) electrons. The van der Waals surface area contributed by atoms with E-state index in [0.717, 1.165) is 0 Å². The van der Waals surface area contributed by atoms with Gasteiger partial charge < -0.3 is 9.64 Å². The Morgan fingerprint density at radius 1 is 0.972 bits per heavy atom. The number of pyridine rings is 1. The Hall–Kier alpha value is -3.56. The molecule has 36 heavy (non-hydrogen) atoms. The number of aromatic nitrogens is 1. The normalized spacial score (nSPS) is 16.7. The Morgan fingerprint density at radius 2 is 1.58 bits per heavy atom. The van der Waals surface area contributed by atoms with Crippen molar-refractivity contribution in [1.29, 1.82) is 0 Å². The molecule has 4 nitrogen and oxygen atoms in total. The van der Waals surface area contributed by atoms with Crippen LogP contribution in [-0.2, 0) is 18.9 Å². The molecule has 0 N–H and O–H groups in total. The zero-order valence-corrected chi connectivity index (χ0v) is 19.4. The number of hydrogen-bond donors (Lipinski definition) is 0. The molecule has 1 aliphatic heterocycles. The van der Waals surface area contributed by atoms with E-state index >= 15 is 0 Å². The Labute approximate surface area is 203 Å². The maximum atomic E-state index is 13.8. The van der Waals surface area contributed by atoms with Gasteiger partial charge >= 0.3 is 12.4 Å². The molecule has 1 aromatic heterocycles. The standard InChI is InChI=1S/C26H22F6N2O2/c1-15-12-34(13-17-9-19(25(27,28)29)11-20(10-17)26(30,31)32)24(35)22-21(18-6-4-3-5-7-18)8-16(2)33-23(22)36-14-15/h3-11,15H,12-14H2,1-2H3/t15-/m1/s1. The van der Waals surface area contributed by atoms with Crippen LogP contribution in [0.5, 0.6) is 5.88 Å². The number of carbonyl (C=O) groups is 1. The second kappa shape index (κ2) is 9.48. The molecular formula is C26H22F6N2O2. The number of nitrogens with zero attached hydrogens (tertiary/aromatic N) is 2. The number of fused-ring (bicyclic) bond motifs is 1. The van der Waals surface area contributed by atoms with E-state index in [1.54, 1.807) is 50.2 Å². The first-order valence-electron chi connectivity index (χ1n) is 11.1. The van der Waals surface area contributed by atoms with Crippen molar-refractivity contribution in [2.24, 2.45) is 5.92 Å². The molecule has 1 amide bonds. The molecule has 0 saturated heterocycles. The highest BCUT2D eigenvalue weighted by Crippen LogP contribution is 2.38. The van der Waals surface area contributed by atoms with E-state index in [2.05, 4.69) is 4.98 Å². The number of halogens is 6.